The predicted molar refractivity (Wildman–Crippen MR) is 135 cm³/mol. The summed E-state index contributed by atoms with van der Waals surface area (Å²) in [5.41, 5.74) is 0.783. The Labute approximate surface area is 218 Å². The van der Waals surface area contributed by atoms with Gasteiger partial charge in [0, 0.05) is 23.5 Å². The zero-order valence-electron chi connectivity index (χ0n) is 19.2. The van der Waals surface area contributed by atoms with Crippen molar-refractivity contribution in [3.8, 4) is 0 Å². The van der Waals surface area contributed by atoms with Crippen molar-refractivity contribution in [1.82, 2.24) is 15.1 Å². The van der Waals surface area contributed by atoms with E-state index in [0.717, 1.165) is 28.7 Å². The number of allylic oxidation sites excluding steroid dienone is 1. The second kappa shape index (κ2) is 9.86. The molecule has 2 aliphatic heterocycles. The van der Waals surface area contributed by atoms with E-state index >= 15 is 0 Å². The summed E-state index contributed by atoms with van der Waals surface area (Å²) in [4.78, 5) is 30.8. The van der Waals surface area contributed by atoms with Crippen LogP contribution < -0.4 is 0 Å². The number of nitrogens with zero attached hydrogens (tertiary/aromatic N) is 3. The number of aliphatic imine (C=N–C) groups is 1. The lowest BCUT2D eigenvalue weighted by atomic mass is 9.93. The molecule has 0 bridgehead atoms. The summed E-state index contributed by atoms with van der Waals surface area (Å²) >= 11 is 6.94. The van der Waals surface area contributed by atoms with Crippen LogP contribution >= 0.6 is 23.4 Å². The summed E-state index contributed by atoms with van der Waals surface area (Å²) in [6.07, 6.45) is -2.07. The molecule has 37 heavy (non-hydrogen) atoms. The van der Waals surface area contributed by atoms with Gasteiger partial charge in [-0.1, -0.05) is 23.7 Å². The number of carbonyl (C=O) groups is 2. The fourth-order valence-corrected chi connectivity index (χ4v) is 5.80. The number of H-pyrrole nitrogens is 1. The summed E-state index contributed by atoms with van der Waals surface area (Å²) in [5, 5.41) is 17.3. The molecule has 1 amide bonds. The van der Waals surface area contributed by atoms with Gasteiger partial charge in [0.1, 0.15) is 0 Å². The normalized spacial score (nSPS) is 19.9. The molecule has 0 spiro atoms. The number of alkyl halides is 3. The highest BCUT2D eigenvalue weighted by Crippen LogP contribution is 2.41. The van der Waals surface area contributed by atoms with Gasteiger partial charge < -0.3 is 10.0 Å². The molecule has 3 aromatic rings. The number of nitrogens with one attached hydrogen (secondary N) is 1. The number of aromatic amines is 1. The number of carbonyl (C=O) groups excluding carboxylic acids is 1. The first-order valence-electron chi connectivity index (χ1n) is 11.4. The molecule has 192 valence electrons. The van der Waals surface area contributed by atoms with E-state index < -0.39 is 29.5 Å². The van der Waals surface area contributed by atoms with Crippen molar-refractivity contribution >= 4 is 56.9 Å². The molecule has 0 aliphatic carbocycles. The molecule has 5 rings (SSSR count). The van der Waals surface area contributed by atoms with E-state index in [0.29, 0.717) is 35.7 Å². The first kappa shape index (κ1) is 25.3. The molecule has 2 aromatic carbocycles. The lowest BCUT2D eigenvalue weighted by molar-refractivity contribution is -0.143. The van der Waals surface area contributed by atoms with Gasteiger partial charge in [-0.25, -0.2) is 0 Å². The Hall–Kier alpha value is -3.31. The van der Waals surface area contributed by atoms with Crippen LogP contribution in [0.3, 0.4) is 0 Å². The number of benzene rings is 2. The molecular weight excluding hydrogens is 529 g/mol. The highest BCUT2D eigenvalue weighted by Gasteiger charge is 2.36. The molecule has 3 heterocycles. The molecule has 1 saturated heterocycles. The summed E-state index contributed by atoms with van der Waals surface area (Å²) in [6, 6.07) is 8.81. The van der Waals surface area contributed by atoms with E-state index in [1.165, 1.54) is 12.1 Å². The monoisotopic (exact) mass is 548 g/mol. The molecular formula is C25H20ClF3N4O3S. The summed E-state index contributed by atoms with van der Waals surface area (Å²) in [5.74, 6) is -2.05. The van der Waals surface area contributed by atoms with E-state index in [1.807, 2.05) is 0 Å². The van der Waals surface area contributed by atoms with Crippen LogP contribution in [0.5, 0.6) is 0 Å². The van der Waals surface area contributed by atoms with Crippen LogP contribution in [0, 0.1) is 5.92 Å². The van der Waals surface area contributed by atoms with Gasteiger partial charge in [-0.05, 0) is 72.0 Å². The van der Waals surface area contributed by atoms with Gasteiger partial charge in [0.25, 0.3) is 5.91 Å². The van der Waals surface area contributed by atoms with Crippen molar-refractivity contribution < 1.29 is 27.9 Å². The highest BCUT2D eigenvalue weighted by molar-refractivity contribution is 8.18. The number of halogens is 4. The molecule has 0 saturated carbocycles. The number of hydrogen-bond acceptors (Lipinski definition) is 5. The maximum atomic E-state index is 13.9. The molecule has 1 aromatic heterocycles. The second-order valence-corrected chi connectivity index (χ2v) is 10.3. The molecule has 0 unspecified atom stereocenters. The largest absolute Gasteiger partial charge is 0.481 e. The lowest BCUT2D eigenvalue weighted by Gasteiger charge is -2.31. The minimum absolute atomic E-state index is 0.0301. The van der Waals surface area contributed by atoms with Crippen molar-refractivity contribution in [1.29, 1.82) is 0 Å². The summed E-state index contributed by atoms with van der Waals surface area (Å²) in [7, 11) is 0. The van der Waals surface area contributed by atoms with E-state index in [1.54, 1.807) is 29.3 Å². The molecule has 7 nitrogen and oxygen atoms in total. The number of aromatic nitrogens is 2. The Morgan fingerprint density at radius 3 is 2.81 bits per heavy atom. The molecule has 0 radical (unpaired) electrons. The smallest absolute Gasteiger partial charge is 0.416 e. The maximum Gasteiger partial charge on any atom is 0.416 e. The Morgan fingerprint density at radius 2 is 2.05 bits per heavy atom. The van der Waals surface area contributed by atoms with Crippen LogP contribution in [0.1, 0.15) is 29.5 Å². The minimum Gasteiger partial charge on any atom is -0.481 e. The number of hydrogen-bond donors (Lipinski definition) is 2. The molecule has 2 N–H and O–H groups in total. The minimum atomic E-state index is -4.64. The summed E-state index contributed by atoms with van der Waals surface area (Å²) < 4.78 is 41.6. The number of amidine groups is 1. The number of rotatable bonds is 4. The first-order chi connectivity index (χ1) is 17.6. The van der Waals surface area contributed by atoms with E-state index in [2.05, 4.69) is 15.2 Å². The summed E-state index contributed by atoms with van der Waals surface area (Å²) in [6.45, 7) is 0.759. The quantitative estimate of drug-likeness (QED) is 0.411. The average molecular weight is 549 g/mol. The van der Waals surface area contributed by atoms with Gasteiger partial charge in [-0.15, -0.1) is 0 Å². The number of amides is 1. The van der Waals surface area contributed by atoms with Gasteiger partial charge in [0.2, 0.25) is 0 Å². The second-order valence-electron chi connectivity index (χ2n) is 8.88. The molecule has 1 atom stereocenters. The number of fused-ring (bicyclic) bond motifs is 1. The Bertz CT molecular complexity index is 1470. The molecule has 1 fully saturated rings. The van der Waals surface area contributed by atoms with Gasteiger partial charge in [0.05, 0.1) is 28.1 Å². The fraction of sp³-hybridized carbons (Fsp3) is 0.280. The number of aliphatic carboxylic acids is 1. The van der Waals surface area contributed by atoms with Crippen LogP contribution in [-0.2, 0) is 22.2 Å². The third-order valence-corrected chi connectivity index (χ3v) is 7.83. The predicted octanol–water partition coefficient (Wildman–Crippen LogP) is 5.61. The third-order valence-electron chi connectivity index (χ3n) is 6.43. The highest BCUT2D eigenvalue weighted by atomic mass is 35.5. The Balaban J connectivity index is 1.57. The fourth-order valence-electron chi connectivity index (χ4n) is 4.57. The number of carboxylic acids is 1. The topological polar surface area (TPSA) is 98.6 Å². The Morgan fingerprint density at radius 1 is 1.24 bits per heavy atom. The van der Waals surface area contributed by atoms with Crippen LogP contribution in [0.15, 0.2) is 52.5 Å². The number of likely N-dealkylation sites (tertiary alicyclic amines) is 1. The number of piperidine rings is 1. The standard InChI is InChI=1S/C25H20ClF3N4O3S/c26-17-5-3-14(19(10-17)25(27,28)29)9-18(13-4-6-20-16(8-13)11-30-32-20)21-22(34)31-24(37-21)33-7-1-2-15(12-33)23(35)36/h3-6,8,10-11,15H,1-2,7,9,12H2,(H,30,32)(H,35,36)/t15-/m0/s1. The lowest BCUT2D eigenvalue weighted by Crippen LogP contribution is -2.40. The SMILES string of the molecule is O=C1N=C(N2CCC[C@H](C(=O)O)C2)SC1=C(Cc1ccc(Cl)cc1C(F)(F)F)c1ccc2[nH]ncc2c1. The van der Waals surface area contributed by atoms with Crippen LogP contribution in [0.4, 0.5) is 13.2 Å². The zero-order chi connectivity index (χ0) is 26.3. The van der Waals surface area contributed by atoms with Crippen molar-refractivity contribution in [2.24, 2.45) is 10.9 Å². The number of thioether (sulfide) groups is 1. The van der Waals surface area contributed by atoms with Crippen molar-refractivity contribution in [2.45, 2.75) is 25.4 Å². The van der Waals surface area contributed by atoms with E-state index in [4.69, 9.17) is 11.6 Å². The van der Waals surface area contributed by atoms with Crippen LogP contribution in [-0.4, -0.2) is 50.3 Å². The van der Waals surface area contributed by atoms with E-state index in [9.17, 15) is 27.9 Å². The Kier molecular flexibility index (Phi) is 6.76. The first-order valence-corrected chi connectivity index (χ1v) is 12.6. The molecule has 2 aliphatic rings. The van der Waals surface area contributed by atoms with Crippen molar-refractivity contribution in [2.75, 3.05) is 13.1 Å². The van der Waals surface area contributed by atoms with Crippen molar-refractivity contribution in [3.05, 3.63) is 69.2 Å². The van der Waals surface area contributed by atoms with Gasteiger partial charge in [-0.3, -0.25) is 14.7 Å². The van der Waals surface area contributed by atoms with Crippen LogP contribution in [0.25, 0.3) is 16.5 Å². The molecule has 12 heteroatoms. The van der Waals surface area contributed by atoms with Crippen LogP contribution in [0.2, 0.25) is 5.02 Å². The zero-order valence-corrected chi connectivity index (χ0v) is 20.8. The van der Waals surface area contributed by atoms with Crippen molar-refractivity contribution in [3.63, 3.8) is 0 Å². The average Bonchev–Trinajstić information content (AvgIpc) is 3.49. The van der Waals surface area contributed by atoms with Gasteiger partial charge in [-0.2, -0.15) is 23.3 Å². The van der Waals surface area contributed by atoms with E-state index in [-0.39, 0.29) is 28.5 Å². The maximum absolute atomic E-state index is 13.9. The third kappa shape index (κ3) is 5.24. The number of carboxylic acid groups (broad SMARTS) is 1. The van der Waals surface area contributed by atoms with Gasteiger partial charge >= 0.3 is 12.1 Å². The van der Waals surface area contributed by atoms with Gasteiger partial charge in [0.15, 0.2) is 5.17 Å².